The molecule has 0 aromatic heterocycles. The molecule has 158 valence electrons. The average Bonchev–Trinajstić information content (AvgIpc) is 3.31. The molecule has 0 aliphatic carbocycles. The molecule has 1 aliphatic heterocycles. The zero-order chi connectivity index (χ0) is 21.8. The van der Waals surface area contributed by atoms with E-state index in [1.807, 2.05) is 48.5 Å². The van der Waals surface area contributed by atoms with Crippen LogP contribution in [0.4, 0.5) is 0 Å². The Balaban J connectivity index is 1.59. The lowest BCUT2D eigenvalue weighted by Crippen LogP contribution is -2.25. The number of aliphatic hydroxyl groups is 1. The van der Waals surface area contributed by atoms with Crippen LogP contribution in [0.15, 0.2) is 120 Å². The van der Waals surface area contributed by atoms with Crippen molar-refractivity contribution in [1.29, 1.82) is 0 Å². The van der Waals surface area contributed by atoms with Gasteiger partial charge in [-0.15, -0.1) is 0 Å². The minimum Gasteiger partial charge on any atom is -0.467 e. The van der Waals surface area contributed by atoms with Crippen LogP contribution in [0.3, 0.4) is 0 Å². The molecule has 0 fully saturated rings. The van der Waals surface area contributed by atoms with Crippen LogP contribution in [-0.4, -0.2) is 23.7 Å². The standard InChI is InChI=1S/C28H24NO2P/c30-20-25-27(21-12-4-1-5-13-21)31-28(29-25)24-18-10-11-19-26(24)32(22-14-6-2-7-15-22)23-16-8-3-9-17-23/h1-19,25,27,30H,20H2/t25-,27-/m1/s1. The van der Waals surface area contributed by atoms with Crippen molar-refractivity contribution in [3.63, 3.8) is 0 Å². The zero-order valence-corrected chi connectivity index (χ0v) is 18.5. The molecule has 4 aromatic rings. The van der Waals surface area contributed by atoms with Crippen LogP contribution >= 0.6 is 7.92 Å². The van der Waals surface area contributed by atoms with Crippen molar-refractivity contribution in [3.05, 3.63) is 126 Å². The van der Waals surface area contributed by atoms with Crippen LogP contribution in [0.2, 0.25) is 0 Å². The minimum atomic E-state index is -0.793. The fourth-order valence-electron chi connectivity index (χ4n) is 4.08. The Bertz CT molecular complexity index is 1160. The Hall–Kier alpha value is -3.26. The molecule has 2 atom stereocenters. The van der Waals surface area contributed by atoms with Crippen molar-refractivity contribution >= 4 is 29.7 Å². The Labute approximate surface area is 189 Å². The lowest BCUT2D eigenvalue weighted by atomic mass is 10.0. The lowest BCUT2D eigenvalue weighted by Gasteiger charge is -2.22. The third-order valence-corrected chi connectivity index (χ3v) is 8.09. The third kappa shape index (κ3) is 4.10. The minimum absolute atomic E-state index is 0.0582. The normalized spacial score (nSPS) is 17.8. The van der Waals surface area contributed by atoms with Gasteiger partial charge in [0.2, 0.25) is 5.90 Å². The highest BCUT2D eigenvalue weighted by atomic mass is 31.1. The lowest BCUT2D eigenvalue weighted by molar-refractivity contribution is 0.152. The van der Waals surface area contributed by atoms with E-state index in [1.54, 1.807) is 0 Å². The van der Waals surface area contributed by atoms with Gasteiger partial charge < -0.3 is 9.84 Å². The molecule has 0 unspecified atom stereocenters. The molecule has 0 spiro atoms. The van der Waals surface area contributed by atoms with Gasteiger partial charge in [-0.2, -0.15) is 0 Å². The van der Waals surface area contributed by atoms with Gasteiger partial charge in [-0.1, -0.05) is 109 Å². The molecule has 1 aliphatic rings. The van der Waals surface area contributed by atoms with Crippen molar-refractivity contribution in [3.8, 4) is 0 Å². The van der Waals surface area contributed by atoms with Crippen molar-refractivity contribution < 1.29 is 9.84 Å². The molecule has 0 amide bonds. The Morgan fingerprint density at radius 1 is 0.688 bits per heavy atom. The summed E-state index contributed by atoms with van der Waals surface area (Å²) in [5.74, 6) is 0.605. The molecule has 4 aromatic carbocycles. The Morgan fingerprint density at radius 2 is 1.22 bits per heavy atom. The SMILES string of the molecule is OC[C@H]1N=C(c2ccccc2P(c2ccccc2)c2ccccc2)O[C@@H]1c1ccccc1. The summed E-state index contributed by atoms with van der Waals surface area (Å²) in [6.45, 7) is -0.0582. The van der Waals surface area contributed by atoms with Crippen LogP contribution in [0.1, 0.15) is 17.2 Å². The molecule has 3 nitrogen and oxygen atoms in total. The van der Waals surface area contributed by atoms with Crippen molar-refractivity contribution in [1.82, 2.24) is 0 Å². The van der Waals surface area contributed by atoms with Gasteiger partial charge in [-0.05, 0) is 35.5 Å². The van der Waals surface area contributed by atoms with Crippen LogP contribution in [0.5, 0.6) is 0 Å². The predicted octanol–water partition coefficient (Wildman–Crippen LogP) is 4.32. The van der Waals surface area contributed by atoms with Crippen molar-refractivity contribution in [2.24, 2.45) is 4.99 Å². The van der Waals surface area contributed by atoms with E-state index < -0.39 is 7.92 Å². The van der Waals surface area contributed by atoms with Crippen LogP contribution in [0, 0.1) is 0 Å². The maximum Gasteiger partial charge on any atom is 0.217 e. The van der Waals surface area contributed by atoms with Gasteiger partial charge in [0, 0.05) is 5.56 Å². The number of rotatable bonds is 6. The van der Waals surface area contributed by atoms with E-state index in [1.165, 1.54) is 15.9 Å². The van der Waals surface area contributed by atoms with Crippen molar-refractivity contribution in [2.45, 2.75) is 12.1 Å². The van der Waals surface area contributed by atoms with Crippen LogP contribution in [0.25, 0.3) is 0 Å². The second-order valence-corrected chi connectivity index (χ2v) is 9.84. The van der Waals surface area contributed by atoms with E-state index in [4.69, 9.17) is 9.73 Å². The number of benzene rings is 4. The number of hydrogen-bond donors (Lipinski definition) is 1. The fourth-order valence-corrected chi connectivity index (χ4v) is 6.52. The molecule has 0 saturated carbocycles. The monoisotopic (exact) mass is 437 g/mol. The number of aliphatic imine (C=N–C) groups is 1. The smallest absolute Gasteiger partial charge is 0.217 e. The van der Waals surface area contributed by atoms with Crippen molar-refractivity contribution in [2.75, 3.05) is 6.61 Å². The second kappa shape index (κ2) is 9.48. The third-order valence-electron chi connectivity index (χ3n) is 5.59. The first-order chi connectivity index (χ1) is 15.8. The predicted molar refractivity (Wildman–Crippen MR) is 133 cm³/mol. The highest BCUT2D eigenvalue weighted by Crippen LogP contribution is 2.36. The van der Waals surface area contributed by atoms with Gasteiger partial charge >= 0.3 is 0 Å². The first-order valence-electron chi connectivity index (χ1n) is 10.7. The van der Waals surface area contributed by atoms with Crippen LogP contribution < -0.4 is 15.9 Å². The second-order valence-electron chi connectivity index (χ2n) is 7.66. The molecular weight excluding hydrogens is 413 g/mol. The van der Waals surface area contributed by atoms with Gasteiger partial charge in [-0.3, -0.25) is 0 Å². The average molecular weight is 437 g/mol. The summed E-state index contributed by atoms with van der Waals surface area (Å²) in [5.41, 5.74) is 2.01. The maximum absolute atomic E-state index is 10.0. The van der Waals surface area contributed by atoms with E-state index in [0.29, 0.717) is 5.90 Å². The quantitative estimate of drug-likeness (QED) is 0.457. The summed E-state index contributed by atoms with van der Waals surface area (Å²) in [7, 11) is -0.793. The summed E-state index contributed by atoms with van der Waals surface area (Å²) >= 11 is 0. The van der Waals surface area contributed by atoms with E-state index in [0.717, 1.165) is 11.1 Å². The van der Waals surface area contributed by atoms with Gasteiger partial charge in [-0.25, -0.2) is 4.99 Å². The van der Waals surface area contributed by atoms with Gasteiger partial charge in [0.15, 0.2) is 6.10 Å². The molecule has 1 heterocycles. The first-order valence-corrected chi connectivity index (χ1v) is 12.1. The van der Waals surface area contributed by atoms with Gasteiger partial charge in [0.05, 0.1) is 6.61 Å². The Morgan fingerprint density at radius 3 is 1.81 bits per heavy atom. The molecular formula is C28H24NO2P. The number of hydrogen-bond acceptors (Lipinski definition) is 3. The van der Waals surface area contributed by atoms with Gasteiger partial charge in [0.25, 0.3) is 0 Å². The molecule has 4 heteroatoms. The molecule has 32 heavy (non-hydrogen) atoms. The molecule has 0 radical (unpaired) electrons. The summed E-state index contributed by atoms with van der Waals surface area (Å²) in [5, 5.41) is 13.8. The molecule has 5 rings (SSSR count). The van der Waals surface area contributed by atoms with E-state index >= 15 is 0 Å². The van der Waals surface area contributed by atoms with E-state index in [-0.39, 0.29) is 18.8 Å². The Kier molecular flexibility index (Phi) is 6.11. The summed E-state index contributed by atoms with van der Waals surface area (Å²) in [6, 6.07) is 39.3. The van der Waals surface area contributed by atoms with Crippen LogP contribution in [-0.2, 0) is 4.74 Å². The first kappa shape index (κ1) is 20.6. The topological polar surface area (TPSA) is 41.8 Å². The molecule has 1 N–H and O–H groups in total. The highest BCUT2D eigenvalue weighted by Gasteiger charge is 2.34. The number of aliphatic hydroxyl groups excluding tert-OH is 1. The number of ether oxygens (including phenoxy) is 1. The van der Waals surface area contributed by atoms with E-state index in [9.17, 15) is 5.11 Å². The summed E-state index contributed by atoms with van der Waals surface area (Å²) < 4.78 is 6.40. The fraction of sp³-hybridized carbons (Fsp3) is 0.107. The molecule has 0 bridgehead atoms. The highest BCUT2D eigenvalue weighted by molar-refractivity contribution is 7.80. The van der Waals surface area contributed by atoms with E-state index in [2.05, 4.69) is 66.7 Å². The summed E-state index contributed by atoms with van der Waals surface area (Å²) in [6.07, 6.45) is -0.288. The van der Waals surface area contributed by atoms with Gasteiger partial charge in [0.1, 0.15) is 6.04 Å². The zero-order valence-electron chi connectivity index (χ0n) is 17.6. The maximum atomic E-state index is 10.0. The molecule has 0 saturated heterocycles. The largest absolute Gasteiger partial charge is 0.467 e. The summed E-state index contributed by atoms with van der Waals surface area (Å²) in [4.78, 5) is 4.82. The number of nitrogens with zero attached hydrogens (tertiary/aromatic N) is 1.